The summed E-state index contributed by atoms with van der Waals surface area (Å²) in [6, 6.07) is 18.7. The number of carbonyl (C=O) groups excluding carboxylic acids is 2. The summed E-state index contributed by atoms with van der Waals surface area (Å²) in [7, 11) is 0. The van der Waals surface area contributed by atoms with Crippen molar-refractivity contribution in [2.24, 2.45) is 0 Å². The van der Waals surface area contributed by atoms with Crippen LogP contribution in [0.5, 0.6) is 5.75 Å². The van der Waals surface area contributed by atoms with Crippen LogP contribution in [0.1, 0.15) is 27.0 Å². The number of fused-ring (bicyclic) bond motifs is 1. The molecular weight excluding hydrogens is 462 g/mol. The molecule has 1 N–H and O–H groups in total. The van der Waals surface area contributed by atoms with E-state index >= 15 is 0 Å². The Balaban J connectivity index is 1.27. The number of hydrogen-bond donors (Lipinski definition) is 1. The number of anilines is 2. The molecule has 0 saturated carbocycles. The number of nitrogens with zero attached hydrogens (tertiary/aromatic N) is 2. The molecule has 0 atom stereocenters. The Kier molecular flexibility index (Phi) is 6.22. The standard InChI is InChI=1S/C28H26ClN3O3/c1-18-3-4-19(2)24(15-18)31-11-13-32(14-12-31)28(34)21-7-10-25-23(17-21)30-27(33)26(35-25)16-20-5-8-22(29)9-6-20/h3-10,15-17H,11-14H2,1-2H3,(H,30,33). The Morgan fingerprint density at radius 3 is 2.46 bits per heavy atom. The Labute approximate surface area is 209 Å². The Morgan fingerprint density at radius 1 is 0.971 bits per heavy atom. The number of aryl methyl sites for hydroxylation is 2. The smallest absolute Gasteiger partial charge is 0.291 e. The number of amides is 2. The zero-order chi connectivity index (χ0) is 24.5. The van der Waals surface area contributed by atoms with Crippen molar-refractivity contribution in [2.75, 3.05) is 36.4 Å². The van der Waals surface area contributed by atoms with Crippen LogP contribution in [0.15, 0.2) is 66.4 Å². The lowest BCUT2D eigenvalue weighted by molar-refractivity contribution is -0.115. The van der Waals surface area contributed by atoms with E-state index in [1.165, 1.54) is 16.8 Å². The van der Waals surface area contributed by atoms with Gasteiger partial charge in [-0.25, -0.2) is 0 Å². The zero-order valence-corrected chi connectivity index (χ0v) is 20.4. The third-order valence-electron chi connectivity index (χ3n) is 6.36. The summed E-state index contributed by atoms with van der Waals surface area (Å²) in [6.07, 6.45) is 1.66. The summed E-state index contributed by atoms with van der Waals surface area (Å²) in [6.45, 7) is 7.04. The number of nitrogens with one attached hydrogen (secondary N) is 1. The first-order valence-electron chi connectivity index (χ1n) is 11.6. The Morgan fingerprint density at radius 2 is 1.71 bits per heavy atom. The van der Waals surface area contributed by atoms with E-state index in [1.807, 2.05) is 17.0 Å². The molecule has 1 saturated heterocycles. The van der Waals surface area contributed by atoms with Gasteiger partial charge in [0.15, 0.2) is 11.5 Å². The topological polar surface area (TPSA) is 61.9 Å². The second-order valence-corrected chi connectivity index (χ2v) is 9.33. The first-order chi connectivity index (χ1) is 16.9. The van der Waals surface area contributed by atoms with Gasteiger partial charge >= 0.3 is 0 Å². The average molecular weight is 488 g/mol. The van der Waals surface area contributed by atoms with Gasteiger partial charge in [0, 0.05) is 42.5 Å². The molecule has 3 aromatic carbocycles. The minimum Gasteiger partial charge on any atom is -0.449 e. The van der Waals surface area contributed by atoms with Gasteiger partial charge in [-0.1, -0.05) is 35.9 Å². The third-order valence-corrected chi connectivity index (χ3v) is 6.61. The van der Waals surface area contributed by atoms with Crippen LogP contribution in [0.3, 0.4) is 0 Å². The van der Waals surface area contributed by atoms with Crippen molar-refractivity contribution in [1.82, 2.24) is 4.90 Å². The molecule has 2 heterocycles. The molecule has 5 rings (SSSR count). The van der Waals surface area contributed by atoms with E-state index in [0.717, 1.165) is 18.7 Å². The van der Waals surface area contributed by atoms with E-state index in [0.29, 0.717) is 35.1 Å². The number of piperazine rings is 1. The molecule has 0 bridgehead atoms. The van der Waals surface area contributed by atoms with Gasteiger partial charge in [0.05, 0.1) is 5.69 Å². The molecular formula is C28H26ClN3O3. The predicted octanol–water partition coefficient (Wildman–Crippen LogP) is 5.29. The quantitative estimate of drug-likeness (QED) is 0.510. The molecule has 0 aromatic heterocycles. The fourth-order valence-corrected chi connectivity index (χ4v) is 4.52. The maximum absolute atomic E-state index is 13.2. The van der Waals surface area contributed by atoms with E-state index in [-0.39, 0.29) is 17.6 Å². The summed E-state index contributed by atoms with van der Waals surface area (Å²) in [4.78, 5) is 30.0. The molecule has 6 nitrogen and oxygen atoms in total. The van der Waals surface area contributed by atoms with Gasteiger partial charge in [0.25, 0.3) is 11.8 Å². The minimum absolute atomic E-state index is 0.0508. The van der Waals surface area contributed by atoms with Crippen molar-refractivity contribution < 1.29 is 14.3 Å². The van der Waals surface area contributed by atoms with E-state index in [2.05, 4.69) is 42.3 Å². The van der Waals surface area contributed by atoms with Gasteiger partial charge in [-0.05, 0) is 73.0 Å². The van der Waals surface area contributed by atoms with Gasteiger partial charge in [0.2, 0.25) is 0 Å². The van der Waals surface area contributed by atoms with Crippen molar-refractivity contribution in [2.45, 2.75) is 13.8 Å². The number of hydrogen-bond acceptors (Lipinski definition) is 4. The minimum atomic E-state index is -0.362. The molecule has 1 fully saturated rings. The molecule has 7 heteroatoms. The lowest BCUT2D eigenvalue weighted by Crippen LogP contribution is -2.49. The summed E-state index contributed by atoms with van der Waals surface area (Å²) >= 11 is 5.93. The van der Waals surface area contributed by atoms with Gasteiger partial charge in [-0.15, -0.1) is 0 Å². The Bertz CT molecular complexity index is 1330. The first-order valence-corrected chi connectivity index (χ1v) is 12.0. The SMILES string of the molecule is Cc1ccc(C)c(N2CCN(C(=O)c3ccc4c(c3)NC(=O)C(=Cc3ccc(Cl)cc3)O4)CC2)c1. The van der Waals surface area contributed by atoms with Gasteiger partial charge < -0.3 is 19.9 Å². The molecule has 0 aliphatic carbocycles. The second kappa shape index (κ2) is 9.47. The van der Waals surface area contributed by atoms with Crippen LogP contribution in [0.25, 0.3) is 6.08 Å². The molecule has 0 radical (unpaired) electrons. The zero-order valence-electron chi connectivity index (χ0n) is 19.7. The molecule has 0 unspecified atom stereocenters. The molecule has 0 spiro atoms. The van der Waals surface area contributed by atoms with E-state index in [1.54, 1.807) is 36.4 Å². The van der Waals surface area contributed by atoms with Crippen molar-refractivity contribution in [3.63, 3.8) is 0 Å². The van der Waals surface area contributed by atoms with Crippen molar-refractivity contribution >= 4 is 40.9 Å². The number of benzene rings is 3. The summed E-state index contributed by atoms with van der Waals surface area (Å²) in [5, 5.41) is 3.46. The van der Waals surface area contributed by atoms with Crippen LogP contribution in [0.2, 0.25) is 5.02 Å². The monoisotopic (exact) mass is 487 g/mol. The van der Waals surface area contributed by atoms with E-state index in [4.69, 9.17) is 16.3 Å². The number of carbonyl (C=O) groups is 2. The van der Waals surface area contributed by atoms with Crippen LogP contribution in [0, 0.1) is 13.8 Å². The highest BCUT2D eigenvalue weighted by Crippen LogP contribution is 2.33. The molecule has 178 valence electrons. The van der Waals surface area contributed by atoms with Gasteiger partial charge in [-0.3, -0.25) is 9.59 Å². The fraction of sp³-hybridized carbons (Fsp3) is 0.214. The van der Waals surface area contributed by atoms with E-state index < -0.39 is 0 Å². The summed E-state index contributed by atoms with van der Waals surface area (Å²) in [5.74, 6) is 0.270. The summed E-state index contributed by atoms with van der Waals surface area (Å²) in [5.41, 5.74) is 5.52. The molecule has 2 amide bonds. The van der Waals surface area contributed by atoms with Crippen LogP contribution in [-0.4, -0.2) is 42.9 Å². The largest absolute Gasteiger partial charge is 0.449 e. The van der Waals surface area contributed by atoms with Crippen molar-refractivity contribution in [3.05, 3.63) is 93.7 Å². The van der Waals surface area contributed by atoms with E-state index in [9.17, 15) is 9.59 Å². The van der Waals surface area contributed by atoms with Crippen LogP contribution in [0.4, 0.5) is 11.4 Å². The number of halogens is 1. The summed E-state index contributed by atoms with van der Waals surface area (Å²) < 4.78 is 5.83. The maximum Gasteiger partial charge on any atom is 0.291 e. The van der Waals surface area contributed by atoms with Gasteiger partial charge in [0.1, 0.15) is 0 Å². The van der Waals surface area contributed by atoms with Crippen molar-refractivity contribution in [3.8, 4) is 5.75 Å². The highest BCUT2D eigenvalue weighted by molar-refractivity contribution is 6.30. The highest BCUT2D eigenvalue weighted by Gasteiger charge is 2.26. The Hall–Kier alpha value is -3.77. The van der Waals surface area contributed by atoms with Crippen LogP contribution < -0.4 is 15.0 Å². The lowest BCUT2D eigenvalue weighted by Gasteiger charge is -2.37. The van der Waals surface area contributed by atoms with Crippen molar-refractivity contribution in [1.29, 1.82) is 0 Å². The first kappa shape index (κ1) is 23.0. The van der Waals surface area contributed by atoms with Gasteiger partial charge in [-0.2, -0.15) is 0 Å². The third kappa shape index (κ3) is 4.88. The highest BCUT2D eigenvalue weighted by atomic mass is 35.5. The maximum atomic E-state index is 13.2. The fourth-order valence-electron chi connectivity index (χ4n) is 4.40. The second-order valence-electron chi connectivity index (χ2n) is 8.90. The molecule has 2 aliphatic heterocycles. The molecule has 3 aromatic rings. The predicted molar refractivity (Wildman–Crippen MR) is 139 cm³/mol. The lowest BCUT2D eigenvalue weighted by atomic mass is 10.1. The molecule has 35 heavy (non-hydrogen) atoms. The van der Waals surface area contributed by atoms with Crippen LogP contribution in [-0.2, 0) is 4.79 Å². The number of rotatable bonds is 3. The molecule has 2 aliphatic rings. The average Bonchev–Trinajstić information content (AvgIpc) is 2.86. The van der Waals surface area contributed by atoms with Crippen LogP contribution >= 0.6 is 11.6 Å². The number of ether oxygens (including phenoxy) is 1. The normalized spacial score (nSPS) is 16.5.